The Bertz CT molecular complexity index is 1170. The van der Waals surface area contributed by atoms with Crippen LogP contribution >= 0.6 is 0 Å². The first-order chi connectivity index (χ1) is 18.0. The number of likely N-dealkylation sites (tertiary alicyclic amines) is 1. The van der Waals surface area contributed by atoms with Crippen LogP contribution in [-0.2, 0) is 22.6 Å². The Hall–Kier alpha value is -3.68. The lowest BCUT2D eigenvalue weighted by molar-refractivity contribution is -0.116. The molecule has 0 unspecified atom stereocenters. The number of hydrogen-bond donors (Lipinski definition) is 3. The number of anilines is 2. The number of piperidine rings is 1. The minimum Gasteiger partial charge on any atom is -0.446 e. The molecule has 194 valence electrons. The highest BCUT2D eigenvalue weighted by molar-refractivity contribution is 5.92. The lowest BCUT2D eigenvalue weighted by Crippen LogP contribution is -2.36. The molecule has 0 aliphatic carbocycles. The summed E-state index contributed by atoms with van der Waals surface area (Å²) in [4.78, 5) is 27.4. The van der Waals surface area contributed by atoms with Gasteiger partial charge in [0.2, 0.25) is 5.91 Å². The molecule has 1 saturated heterocycles. The van der Waals surface area contributed by atoms with Crippen molar-refractivity contribution in [1.82, 2.24) is 4.90 Å². The molecule has 0 bridgehead atoms. The van der Waals surface area contributed by atoms with Crippen molar-refractivity contribution in [3.05, 3.63) is 83.9 Å². The molecule has 0 radical (unpaired) electrons. The molecule has 1 heterocycles. The number of aliphatic hydroxyl groups excluding tert-OH is 1. The number of ether oxygens (including phenoxy) is 1. The molecule has 1 aliphatic heterocycles. The molecule has 1 fully saturated rings. The molecule has 0 aromatic heterocycles. The summed E-state index contributed by atoms with van der Waals surface area (Å²) in [5.41, 5.74) is 5.19. The van der Waals surface area contributed by atoms with E-state index in [9.17, 15) is 9.59 Å². The van der Waals surface area contributed by atoms with Gasteiger partial charge in [-0.2, -0.15) is 0 Å². The molecule has 3 N–H and O–H groups in total. The maximum Gasteiger partial charge on any atom is 0.411 e. The van der Waals surface area contributed by atoms with E-state index in [2.05, 4.69) is 22.6 Å². The fourth-order valence-corrected chi connectivity index (χ4v) is 4.48. The smallest absolute Gasteiger partial charge is 0.411 e. The van der Waals surface area contributed by atoms with Crippen LogP contribution in [0.4, 0.5) is 16.2 Å². The van der Waals surface area contributed by atoms with Crippen LogP contribution < -0.4 is 10.6 Å². The summed E-state index contributed by atoms with van der Waals surface area (Å²) >= 11 is 0. The summed E-state index contributed by atoms with van der Waals surface area (Å²) in [5.74, 6) is -0.0577. The van der Waals surface area contributed by atoms with Gasteiger partial charge in [0.1, 0.15) is 6.10 Å². The van der Waals surface area contributed by atoms with Crippen molar-refractivity contribution < 1.29 is 19.4 Å². The molecule has 0 atom stereocenters. The molecule has 37 heavy (non-hydrogen) atoms. The topological polar surface area (TPSA) is 90.9 Å². The number of carbonyl (C=O) groups excluding carboxylic acids is 2. The summed E-state index contributed by atoms with van der Waals surface area (Å²) in [5, 5.41) is 15.0. The fourth-order valence-electron chi connectivity index (χ4n) is 4.48. The van der Waals surface area contributed by atoms with Gasteiger partial charge < -0.3 is 20.1 Å². The third kappa shape index (κ3) is 7.90. The number of nitrogens with one attached hydrogen (secondary N) is 2. The van der Waals surface area contributed by atoms with E-state index in [1.165, 1.54) is 0 Å². The number of aliphatic hydroxyl groups is 1. The molecule has 1 aliphatic rings. The predicted octanol–water partition coefficient (Wildman–Crippen LogP) is 5.45. The van der Waals surface area contributed by atoms with E-state index in [0.29, 0.717) is 30.6 Å². The zero-order valence-electron chi connectivity index (χ0n) is 21.3. The lowest BCUT2D eigenvalue weighted by Gasteiger charge is -2.28. The molecule has 7 heteroatoms. The number of amides is 2. The highest BCUT2D eigenvalue weighted by Crippen LogP contribution is 2.30. The second kappa shape index (κ2) is 13.0. The van der Waals surface area contributed by atoms with Gasteiger partial charge in [-0.15, -0.1) is 0 Å². The van der Waals surface area contributed by atoms with E-state index in [0.717, 1.165) is 48.2 Å². The second-order valence-corrected chi connectivity index (χ2v) is 9.54. The Morgan fingerprint density at radius 3 is 2.35 bits per heavy atom. The quantitative estimate of drug-likeness (QED) is 0.363. The van der Waals surface area contributed by atoms with Crippen molar-refractivity contribution in [3.63, 3.8) is 0 Å². The van der Waals surface area contributed by atoms with Gasteiger partial charge in [0.25, 0.3) is 0 Å². The standard InChI is InChI=1S/C30H35N3O4/c1-33-18-16-26(17-19-33)37-30(36)32-28-20-22(12-15-27(28)24-7-3-2-4-8-24)6-5-9-29(35)31-25-13-10-23(21-34)11-14-25/h2-4,7-8,10-15,20,26,34H,5-6,9,16-19,21H2,1H3,(H,31,35)(H,32,36). The first-order valence-corrected chi connectivity index (χ1v) is 12.8. The maximum atomic E-state index is 12.8. The summed E-state index contributed by atoms with van der Waals surface area (Å²) in [6.45, 7) is 1.82. The van der Waals surface area contributed by atoms with Gasteiger partial charge in [0.05, 0.1) is 12.3 Å². The first kappa shape index (κ1) is 26.4. The average Bonchev–Trinajstić information content (AvgIpc) is 2.91. The third-order valence-corrected chi connectivity index (χ3v) is 6.63. The minimum absolute atomic E-state index is 0.0238. The molecule has 3 aromatic carbocycles. The van der Waals surface area contributed by atoms with E-state index >= 15 is 0 Å². The Labute approximate surface area is 218 Å². The molecular formula is C30H35N3O4. The fraction of sp³-hybridized carbons (Fsp3) is 0.333. The monoisotopic (exact) mass is 501 g/mol. The van der Waals surface area contributed by atoms with E-state index in [-0.39, 0.29) is 18.6 Å². The van der Waals surface area contributed by atoms with Crippen molar-refractivity contribution in [2.45, 2.75) is 44.8 Å². The van der Waals surface area contributed by atoms with Gasteiger partial charge >= 0.3 is 6.09 Å². The molecule has 4 rings (SSSR count). The van der Waals surface area contributed by atoms with Crippen LogP contribution in [-0.4, -0.2) is 48.2 Å². The molecule has 7 nitrogen and oxygen atoms in total. The maximum absolute atomic E-state index is 12.8. The van der Waals surface area contributed by atoms with Gasteiger partial charge in [-0.25, -0.2) is 4.79 Å². The van der Waals surface area contributed by atoms with Crippen LogP contribution in [0, 0.1) is 0 Å². The normalized spacial score (nSPS) is 14.2. The van der Waals surface area contributed by atoms with Crippen LogP contribution in [0.1, 0.15) is 36.8 Å². The number of aryl methyl sites for hydroxylation is 1. The largest absolute Gasteiger partial charge is 0.446 e. The second-order valence-electron chi connectivity index (χ2n) is 9.54. The lowest BCUT2D eigenvalue weighted by atomic mass is 9.99. The highest BCUT2D eigenvalue weighted by Gasteiger charge is 2.21. The zero-order chi connectivity index (χ0) is 26.0. The minimum atomic E-state index is -0.435. The van der Waals surface area contributed by atoms with E-state index in [4.69, 9.17) is 9.84 Å². The molecule has 0 spiro atoms. The van der Waals surface area contributed by atoms with Crippen molar-refractivity contribution in [1.29, 1.82) is 0 Å². The van der Waals surface area contributed by atoms with Crippen molar-refractivity contribution in [2.75, 3.05) is 30.8 Å². The van der Waals surface area contributed by atoms with E-state index in [1.54, 1.807) is 24.3 Å². The average molecular weight is 502 g/mol. The van der Waals surface area contributed by atoms with Crippen LogP contribution in [0.5, 0.6) is 0 Å². The van der Waals surface area contributed by atoms with Gasteiger partial charge in [0, 0.05) is 30.8 Å². The number of carbonyl (C=O) groups is 2. The molecule has 0 saturated carbocycles. The van der Waals surface area contributed by atoms with Crippen LogP contribution in [0.2, 0.25) is 0 Å². The Morgan fingerprint density at radius 1 is 0.946 bits per heavy atom. The molecule has 2 amide bonds. The first-order valence-electron chi connectivity index (χ1n) is 12.8. The highest BCUT2D eigenvalue weighted by atomic mass is 16.6. The van der Waals surface area contributed by atoms with E-state index < -0.39 is 6.09 Å². The Balaban J connectivity index is 1.37. The van der Waals surface area contributed by atoms with Crippen LogP contribution in [0.25, 0.3) is 11.1 Å². The number of benzene rings is 3. The predicted molar refractivity (Wildman–Crippen MR) is 146 cm³/mol. The van der Waals surface area contributed by atoms with Gasteiger partial charge in [-0.05, 0) is 67.6 Å². The number of rotatable bonds is 9. The SMILES string of the molecule is CN1CCC(OC(=O)Nc2cc(CCCC(=O)Nc3ccc(CO)cc3)ccc2-c2ccccc2)CC1. The summed E-state index contributed by atoms with van der Waals surface area (Å²) in [7, 11) is 2.08. The summed E-state index contributed by atoms with van der Waals surface area (Å²) < 4.78 is 5.71. The van der Waals surface area contributed by atoms with Gasteiger partial charge in [-0.3, -0.25) is 10.1 Å². The van der Waals surface area contributed by atoms with E-state index in [1.807, 2.05) is 48.5 Å². The molecular weight excluding hydrogens is 466 g/mol. The Kier molecular flexibility index (Phi) is 9.29. The van der Waals surface area contributed by atoms with Crippen LogP contribution in [0.15, 0.2) is 72.8 Å². The van der Waals surface area contributed by atoms with Crippen molar-refractivity contribution in [3.8, 4) is 11.1 Å². The van der Waals surface area contributed by atoms with Gasteiger partial charge in [0.15, 0.2) is 0 Å². The zero-order valence-corrected chi connectivity index (χ0v) is 21.3. The Morgan fingerprint density at radius 2 is 1.65 bits per heavy atom. The van der Waals surface area contributed by atoms with Crippen molar-refractivity contribution in [2.24, 2.45) is 0 Å². The van der Waals surface area contributed by atoms with Crippen molar-refractivity contribution >= 4 is 23.4 Å². The summed E-state index contributed by atoms with van der Waals surface area (Å²) in [6, 6.07) is 23.1. The van der Waals surface area contributed by atoms with Gasteiger partial charge in [-0.1, -0.05) is 54.6 Å². The number of hydrogen-bond acceptors (Lipinski definition) is 5. The third-order valence-electron chi connectivity index (χ3n) is 6.63. The summed E-state index contributed by atoms with van der Waals surface area (Å²) in [6.07, 6.45) is 2.92. The molecule has 3 aromatic rings. The number of nitrogens with zero attached hydrogens (tertiary/aromatic N) is 1. The van der Waals surface area contributed by atoms with Crippen LogP contribution in [0.3, 0.4) is 0 Å².